The number of hydrogen-bond acceptors (Lipinski definition) is 4. The lowest BCUT2D eigenvalue weighted by Gasteiger charge is -2.32. The van der Waals surface area contributed by atoms with Crippen LogP contribution in [0.25, 0.3) is 0 Å². The summed E-state index contributed by atoms with van der Waals surface area (Å²) in [7, 11) is 0. The molecule has 0 amide bonds. The minimum Gasteiger partial charge on any atom is -0.490 e. The van der Waals surface area contributed by atoms with Gasteiger partial charge < -0.3 is 14.6 Å². The van der Waals surface area contributed by atoms with E-state index in [1.165, 1.54) is 0 Å². The summed E-state index contributed by atoms with van der Waals surface area (Å²) in [6, 6.07) is 5.82. The molecule has 1 unspecified atom stereocenters. The summed E-state index contributed by atoms with van der Waals surface area (Å²) < 4.78 is 11.6. The fourth-order valence-electron chi connectivity index (χ4n) is 2.39. The van der Waals surface area contributed by atoms with Gasteiger partial charge >= 0.3 is 0 Å². The van der Waals surface area contributed by atoms with Crippen LogP contribution in [0.4, 0.5) is 0 Å². The number of aryl methyl sites for hydroxylation is 1. The quantitative estimate of drug-likeness (QED) is 0.878. The Hall–Kier alpha value is -1.10. The number of aliphatic hydroxyl groups excluding tert-OH is 1. The summed E-state index contributed by atoms with van der Waals surface area (Å²) >= 11 is 0. The van der Waals surface area contributed by atoms with E-state index in [0.717, 1.165) is 43.1 Å². The van der Waals surface area contributed by atoms with Gasteiger partial charge in [0.05, 0.1) is 13.2 Å². The molecule has 1 aromatic rings. The zero-order valence-electron chi connectivity index (χ0n) is 11.8. The van der Waals surface area contributed by atoms with Gasteiger partial charge in [0, 0.05) is 18.7 Å². The lowest BCUT2D eigenvalue weighted by atomic mass is 10.1. The molecule has 1 heterocycles. The van der Waals surface area contributed by atoms with E-state index in [1.807, 2.05) is 25.1 Å². The zero-order chi connectivity index (χ0) is 13.7. The molecule has 0 aliphatic carbocycles. The fraction of sp³-hybridized carbons (Fsp3) is 0.600. The Balaban J connectivity index is 1.95. The van der Waals surface area contributed by atoms with Crippen LogP contribution < -0.4 is 4.74 Å². The van der Waals surface area contributed by atoms with E-state index < -0.39 is 0 Å². The standard InChI is InChI=1S/C15H23NO3/c1-3-16-7-8-18-14(9-16)11-19-15-12(2)5-4-6-13(15)10-17/h4-6,14,17H,3,7-11H2,1-2H3. The van der Waals surface area contributed by atoms with Gasteiger partial charge in [0.2, 0.25) is 0 Å². The van der Waals surface area contributed by atoms with Gasteiger partial charge in [0.1, 0.15) is 18.5 Å². The molecule has 0 saturated carbocycles. The second-order valence-electron chi connectivity index (χ2n) is 4.92. The third-order valence-electron chi connectivity index (χ3n) is 3.55. The predicted octanol–water partition coefficient (Wildman–Crippen LogP) is 1.59. The minimum atomic E-state index is 0.00359. The maximum Gasteiger partial charge on any atom is 0.127 e. The zero-order valence-corrected chi connectivity index (χ0v) is 11.8. The van der Waals surface area contributed by atoms with Crippen molar-refractivity contribution in [3.8, 4) is 5.75 Å². The minimum absolute atomic E-state index is 0.00359. The molecule has 1 fully saturated rings. The number of benzene rings is 1. The Morgan fingerprint density at radius 2 is 2.32 bits per heavy atom. The highest BCUT2D eigenvalue weighted by molar-refractivity contribution is 5.40. The lowest BCUT2D eigenvalue weighted by molar-refractivity contribution is -0.0467. The van der Waals surface area contributed by atoms with Crippen molar-refractivity contribution in [1.82, 2.24) is 4.90 Å². The molecule has 4 nitrogen and oxygen atoms in total. The summed E-state index contributed by atoms with van der Waals surface area (Å²) in [6.07, 6.45) is 0.111. The molecule has 0 radical (unpaired) electrons. The van der Waals surface area contributed by atoms with Crippen LogP contribution in [0, 0.1) is 6.92 Å². The van der Waals surface area contributed by atoms with E-state index in [2.05, 4.69) is 11.8 Å². The van der Waals surface area contributed by atoms with Gasteiger partial charge in [-0.1, -0.05) is 25.1 Å². The van der Waals surface area contributed by atoms with E-state index in [0.29, 0.717) is 6.61 Å². The molecule has 0 bridgehead atoms. The molecule has 19 heavy (non-hydrogen) atoms. The maximum absolute atomic E-state index is 9.34. The number of morpholine rings is 1. The number of ether oxygens (including phenoxy) is 2. The monoisotopic (exact) mass is 265 g/mol. The van der Waals surface area contributed by atoms with Gasteiger partial charge in [0.25, 0.3) is 0 Å². The first-order chi connectivity index (χ1) is 9.24. The molecule has 1 aliphatic heterocycles. The highest BCUT2D eigenvalue weighted by atomic mass is 16.5. The van der Waals surface area contributed by atoms with Gasteiger partial charge in [-0.3, -0.25) is 4.90 Å². The van der Waals surface area contributed by atoms with Crippen LogP contribution in [0.15, 0.2) is 18.2 Å². The van der Waals surface area contributed by atoms with E-state index in [9.17, 15) is 5.11 Å². The van der Waals surface area contributed by atoms with Gasteiger partial charge in [-0.05, 0) is 19.0 Å². The van der Waals surface area contributed by atoms with Crippen molar-refractivity contribution >= 4 is 0 Å². The predicted molar refractivity (Wildman–Crippen MR) is 74.5 cm³/mol. The summed E-state index contributed by atoms with van der Waals surface area (Å²) in [4.78, 5) is 2.36. The normalized spacial score (nSPS) is 20.5. The van der Waals surface area contributed by atoms with Crippen LogP contribution >= 0.6 is 0 Å². The van der Waals surface area contributed by atoms with Crippen LogP contribution in [0.3, 0.4) is 0 Å². The first-order valence-corrected chi connectivity index (χ1v) is 6.90. The maximum atomic E-state index is 9.34. The molecule has 1 atom stereocenters. The third-order valence-corrected chi connectivity index (χ3v) is 3.55. The Kier molecular flexibility index (Phi) is 5.19. The van der Waals surface area contributed by atoms with Gasteiger partial charge in [-0.15, -0.1) is 0 Å². The number of likely N-dealkylation sites (N-methyl/N-ethyl adjacent to an activating group) is 1. The van der Waals surface area contributed by atoms with Crippen LogP contribution in [0.1, 0.15) is 18.1 Å². The lowest BCUT2D eigenvalue weighted by Crippen LogP contribution is -2.44. The van der Waals surface area contributed by atoms with E-state index in [-0.39, 0.29) is 12.7 Å². The second kappa shape index (κ2) is 6.89. The molecule has 1 aliphatic rings. The number of hydrogen-bond donors (Lipinski definition) is 1. The largest absolute Gasteiger partial charge is 0.490 e. The SMILES string of the molecule is CCN1CCOC(COc2c(C)cccc2CO)C1. The van der Waals surface area contributed by atoms with Crippen LogP contribution in [0.2, 0.25) is 0 Å². The highest BCUT2D eigenvalue weighted by Crippen LogP contribution is 2.24. The molecule has 106 valence electrons. The summed E-state index contributed by atoms with van der Waals surface area (Å²) in [6.45, 7) is 8.42. The number of aliphatic hydroxyl groups is 1. The second-order valence-corrected chi connectivity index (χ2v) is 4.92. The van der Waals surface area contributed by atoms with Crippen molar-refractivity contribution < 1.29 is 14.6 Å². The number of para-hydroxylation sites is 1. The smallest absolute Gasteiger partial charge is 0.127 e. The highest BCUT2D eigenvalue weighted by Gasteiger charge is 2.20. The van der Waals surface area contributed by atoms with E-state index >= 15 is 0 Å². The van der Waals surface area contributed by atoms with E-state index in [1.54, 1.807) is 0 Å². The first kappa shape index (κ1) is 14.3. The Labute approximate surface area is 114 Å². The van der Waals surface area contributed by atoms with Crippen molar-refractivity contribution in [1.29, 1.82) is 0 Å². The summed E-state index contributed by atoms with van der Waals surface area (Å²) in [5, 5.41) is 9.34. The third kappa shape index (κ3) is 3.69. The van der Waals surface area contributed by atoms with Gasteiger partial charge in [-0.2, -0.15) is 0 Å². The molecule has 0 aromatic heterocycles. The molecule has 0 spiro atoms. The Morgan fingerprint density at radius 1 is 1.47 bits per heavy atom. The van der Waals surface area contributed by atoms with Crippen LogP contribution in [-0.2, 0) is 11.3 Å². The Bertz CT molecular complexity index is 408. The van der Waals surface area contributed by atoms with Crippen molar-refractivity contribution in [2.45, 2.75) is 26.6 Å². The summed E-state index contributed by atoms with van der Waals surface area (Å²) in [5.41, 5.74) is 1.89. The molecular weight excluding hydrogens is 242 g/mol. The number of nitrogens with zero attached hydrogens (tertiary/aromatic N) is 1. The molecule has 1 aromatic carbocycles. The van der Waals surface area contributed by atoms with Crippen LogP contribution in [0.5, 0.6) is 5.75 Å². The summed E-state index contributed by atoms with van der Waals surface area (Å²) in [5.74, 6) is 0.794. The average Bonchev–Trinajstić information content (AvgIpc) is 2.46. The molecule has 2 rings (SSSR count). The molecular formula is C15H23NO3. The van der Waals surface area contributed by atoms with Crippen molar-refractivity contribution in [3.05, 3.63) is 29.3 Å². The van der Waals surface area contributed by atoms with E-state index in [4.69, 9.17) is 9.47 Å². The van der Waals surface area contributed by atoms with Gasteiger partial charge in [-0.25, -0.2) is 0 Å². The topological polar surface area (TPSA) is 41.9 Å². The Morgan fingerprint density at radius 3 is 3.05 bits per heavy atom. The first-order valence-electron chi connectivity index (χ1n) is 6.90. The van der Waals surface area contributed by atoms with Crippen LogP contribution in [-0.4, -0.2) is 49.0 Å². The number of rotatable bonds is 5. The molecule has 1 saturated heterocycles. The van der Waals surface area contributed by atoms with Gasteiger partial charge in [0.15, 0.2) is 0 Å². The average molecular weight is 265 g/mol. The van der Waals surface area contributed by atoms with Crippen molar-refractivity contribution in [3.63, 3.8) is 0 Å². The molecule has 4 heteroatoms. The van der Waals surface area contributed by atoms with Crippen molar-refractivity contribution in [2.24, 2.45) is 0 Å². The fourth-order valence-corrected chi connectivity index (χ4v) is 2.39. The molecule has 1 N–H and O–H groups in total. The van der Waals surface area contributed by atoms with Crippen molar-refractivity contribution in [2.75, 3.05) is 32.8 Å².